The van der Waals surface area contributed by atoms with Gasteiger partial charge in [0.2, 0.25) is 0 Å². The first-order valence-corrected chi connectivity index (χ1v) is 5.19. The van der Waals surface area contributed by atoms with Crippen LogP contribution in [-0.4, -0.2) is 37.9 Å². The molecule has 14 heavy (non-hydrogen) atoms. The summed E-state index contributed by atoms with van der Waals surface area (Å²) in [6, 6.07) is 0.418. The number of hydrogen-bond acceptors (Lipinski definition) is 4. The van der Waals surface area contributed by atoms with Crippen LogP contribution in [0.4, 0.5) is 0 Å². The van der Waals surface area contributed by atoms with Crippen LogP contribution < -0.4 is 5.32 Å². The lowest BCUT2D eigenvalue weighted by atomic mass is 10.2. The lowest BCUT2D eigenvalue weighted by Crippen LogP contribution is -2.28. The van der Waals surface area contributed by atoms with Crippen molar-refractivity contribution >= 4 is 5.97 Å². The number of ether oxygens (including phenoxy) is 2. The smallest absolute Gasteiger partial charge is 0.332 e. The van der Waals surface area contributed by atoms with E-state index in [-0.39, 0.29) is 18.7 Å². The average Bonchev–Trinajstić information content (AvgIpc) is 2.55. The van der Waals surface area contributed by atoms with Crippen LogP contribution in [0.2, 0.25) is 0 Å². The maximum atomic E-state index is 11.1. The summed E-state index contributed by atoms with van der Waals surface area (Å²) in [4.78, 5) is 11.1. The second-order valence-electron chi connectivity index (χ2n) is 3.85. The van der Waals surface area contributed by atoms with Crippen LogP contribution in [0.1, 0.15) is 26.7 Å². The third-order valence-electron chi connectivity index (χ3n) is 2.07. The molecule has 1 atom stereocenters. The minimum atomic E-state index is -0.280. The van der Waals surface area contributed by atoms with Crippen molar-refractivity contribution in [1.29, 1.82) is 0 Å². The largest absolute Gasteiger partial charge is 0.461 e. The summed E-state index contributed by atoms with van der Waals surface area (Å²) >= 11 is 0. The maximum absolute atomic E-state index is 11.1. The van der Waals surface area contributed by atoms with Crippen molar-refractivity contribution in [2.45, 2.75) is 38.8 Å². The minimum absolute atomic E-state index is 0.0595. The van der Waals surface area contributed by atoms with Gasteiger partial charge in [-0.2, -0.15) is 0 Å². The molecular weight excluding hydrogens is 182 g/mol. The first-order chi connectivity index (χ1) is 6.68. The van der Waals surface area contributed by atoms with E-state index in [1.54, 1.807) is 0 Å². The highest BCUT2D eigenvalue weighted by Crippen LogP contribution is 2.04. The van der Waals surface area contributed by atoms with Gasteiger partial charge in [0.25, 0.3) is 0 Å². The average molecular weight is 201 g/mol. The molecule has 4 heteroatoms. The van der Waals surface area contributed by atoms with E-state index < -0.39 is 0 Å². The quantitative estimate of drug-likeness (QED) is 0.665. The molecule has 1 aliphatic heterocycles. The van der Waals surface area contributed by atoms with E-state index >= 15 is 0 Å². The summed E-state index contributed by atoms with van der Waals surface area (Å²) < 4.78 is 10.2. The molecule has 0 spiro atoms. The zero-order valence-corrected chi connectivity index (χ0v) is 8.91. The standard InChI is InChI=1S/C10H19NO3/c1-8(2)14-10(12)7-13-6-9-4-3-5-11-9/h8-9,11H,3-7H2,1-2H3. The fourth-order valence-corrected chi connectivity index (χ4v) is 1.48. The molecule has 0 aliphatic carbocycles. The Balaban J connectivity index is 1.99. The summed E-state index contributed by atoms with van der Waals surface area (Å²) in [5, 5.41) is 3.29. The van der Waals surface area contributed by atoms with Crippen LogP contribution >= 0.6 is 0 Å². The van der Waals surface area contributed by atoms with Crippen LogP contribution in [0.25, 0.3) is 0 Å². The number of esters is 1. The molecule has 0 radical (unpaired) electrons. The molecule has 0 aromatic rings. The van der Waals surface area contributed by atoms with Crippen molar-refractivity contribution in [2.24, 2.45) is 0 Å². The Labute approximate surface area is 85.0 Å². The van der Waals surface area contributed by atoms with Gasteiger partial charge in [-0.25, -0.2) is 4.79 Å². The molecule has 1 rings (SSSR count). The highest BCUT2D eigenvalue weighted by Gasteiger charge is 2.14. The van der Waals surface area contributed by atoms with Crippen molar-refractivity contribution in [3.63, 3.8) is 0 Å². The third kappa shape index (κ3) is 4.58. The molecule has 0 aromatic heterocycles. The molecule has 0 aromatic carbocycles. The predicted octanol–water partition coefficient (Wildman–Crippen LogP) is 0.707. The van der Waals surface area contributed by atoms with E-state index in [4.69, 9.17) is 9.47 Å². The van der Waals surface area contributed by atoms with Gasteiger partial charge in [-0.15, -0.1) is 0 Å². The zero-order chi connectivity index (χ0) is 10.4. The van der Waals surface area contributed by atoms with E-state index in [2.05, 4.69) is 5.32 Å². The van der Waals surface area contributed by atoms with Crippen molar-refractivity contribution in [1.82, 2.24) is 5.32 Å². The minimum Gasteiger partial charge on any atom is -0.461 e. The molecule has 1 N–H and O–H groups in total. The van der Waals surface area contributed by atoms with Gasteiger partial charge in [-0.05, 0) is 33.2 Å². The summed E-state index contributed by atoms with van der Waals surface area (Å²) in [6.07, 6.45) is 2.28. The molecule has 1 fully saturated rings. The van der Waals surface area contributed by atoms with Gasteiger partial charge in [0.05, 0.1) is 12.7 Å². The number of hydrogen-bond donors (Lipinski definition) is 1. The summed E-state index contributed by atoms with van der Waals surface area (Å²) in [6.45, 7) is 5.39. The number of carbonyl (C=O) groups excluding carboxylic acids is 1. The van der Waals surface area contributed by atoms with Crippen LogP contribution in [0, 0.1) is 0 Å². The van der Waals surface area contributed by atoms with Crippen molar-refractivity contribution in [3.05, 3.63) is 0 Å². The highest BCUT2D eigenvalue weighted by atomic mass is 16.6. The predicted molar refractivity (Wildman–Crippen MR) is 53.1 cm³/mol. The second-order valence-corrected chi connectivity index (χ2v) is 3.85. The summed E-state index contributed by atoms with van der Waals surface area (Å²) in [7, 11) is 0. The molecule has 4 nitrogen and oxygen atoms in total. The topological polar surface area (TPSA) is 47.6 Å². The van der Waals surface area contributed by atoms with Crippen LogP contribution in [-0.2, 0) is 14.3 Å². The molecule has 0 bridgehead atoms. The third-order valence-corrected chi connectivity index (χ3v) is 2.07. The van der Waals surface area contributed by atoms with E-state index in [0.717, 1.165) is 13.0 Å². The Morgan fingerprint density at radius 2 is 2.36 bits per heavy atom. The highest BCUT2D eigenvalue weighted by molar-refractivity contribution is 5.70. The fraction of sp³-hybridized carbons (Fsp3) is 0.900. The SMILES string of the molecule is CC(C)OC(=O)COCC1CCCN1. The van der Waals surface area contributed by atoms with Gasteiger partial charge in [-0.1, -0.05) is 0 Å². The Hall–Kier alpha value is -0.610. The van der Waals surface area contributed by atoms with Gasteiger partial charge >= 0.3 is 5.97 Å². The van der Waals surface area contributed by atoms with Crippen LogP contribution in [0.3, 0.4) is 0 Å². The van der Waals surface area contributed by atoms with Gasteiger partial charge in [-0.3, -0.25) is 0 Å². The van der Waals surface area contributed by atoms with Crippen molar-refractivity contribution in [2.75, 3.05) is 19.8 Å². The van der Waals surface area contributed by atoms with Gasteiger partial charge in [0.1, 0.15) is 6.61 Å². The molecule has 82 valence electrons. The monoisotopic (exact) mass is 201 g/mol. The Morgan fingerprint density at radius 3 is 2.93 bits per heavy atom. The Kier molecular flexibility index (Phi) is 4.90. The lowest BCUT2D eigenvalue weighted by molar-refractivity contribution is -0.152. The fourth-order valence-electron chi connectivity index (χ4n) is 1.48. The van der Waals surface area contributed by atoms with Gasteiger partial charge in [0, 0.05) is 6.04 Å². The first kappa shape index (κ1) is 11.5. The van der Waals surface area contributed by atoms with Crippen LogP contribution in [0.15, 0.2) is 0 Å². The van der Waals surface area contributed by atoms with E-state index in [1.807, 2.05) is 13.8 Å². The maximum Gasteiger partial charge on any atom is 0.332 e. The zero-order valence-electron chi connectivity index (χ0n) is 8.91. The second kappa shape index (κ2) is 5.98. The Morgan fingerprint density at radius 1 is 1.57 bits per heavy atom. The molecule has 1 heterocycles. The van der Waals surface area contributed by atoms with Crippen molar-refractivity contribution < 1.29 is 14.3 Å². The molecule has 0 saturated carbocycles. The Bertz CT molecular complexity index is 176. The molecule has 1 unspecified atom stereocenters. The molecular formula is C10H19NO3. The van der Waals surface area contributed by atoms with E-state index in [1.165, 1.54) is 6.42 Å². The summed E-state index contributed by atoms with van der Waals surface area (Å²) in [5.74, 6) is -0.280. The van der Waals surface area contributed by atoms with Crippen molar-refractivity contribution in [3.8, 4) is 0 Å². The normalized spacial score (nSPS) is 21.5. The number of nitrogens with one attached hydrogen (secondary N) is 1. The first-order valence-electron chi connectivity index (χ1n) is 5.19. The molecule has 0 amide bonds. The summed E-state index contributed by atoms with van der Waals surface area (Å²) in [5.41, 5.74) is 0. The van der Waals surface area contributed by atoms with E-state index in [0.29, 0.717) is 12.6 Å². The van der Waals surface area contributed by atoms with Gasteiger partial charge < -0.3 is 14.8 Å². The van der Waals surface area contributed by atoms with E-state index in [9.17, 15) is 4.79 Å². The number of carbonyl (C=O) groups is 1. The molecule has 1 saturated heterocycles. The van der Waals surface area contributed by atoms with Crippen LogP contribution in [0.5, 0.6) is 0 Å². The molecule has 1 aliphatic rings. The van der Waals surface area contributed by atoms with Gasteiger partial charge in [0.15, 0.2) is 0 Å². The lowest BCUT2D eigenvalue weighted by Gasteiger charge is -2.11. The number of rotatable bonds is 5.